The predicted octanol–water partition coefficient (Wildman–Crippen LogP) is 6.58. The summed E-state index contributed by atoms with van der Waals surface area (Å²) in [6.07, 6.45) is -12.7. The summed E-state index contributed by atoms with van der Waals surface area (Å²) in [7, 11) is 0. The fourth-order valence-electron chi connectivity index (χ4n) is 4.68. The molecule has 254 valence electrons. The van der Waals surface area contributed by atoms with Crippen molar-refractivity contribution in [3.63, 3.8) is 0 Å². The van der Waals surface area contributed by atoms with E-state index in [2.05, 4.69) is 74.4 Å². The lowest BCUT2D eigenvalue weighted by Gasteiger charge is -2.37. The second kappa shape index (κ2) is 14.6. The molecule has 0 spiro atoms. The van der Waals surface area contributed by atoms with Crippen LogP contribution in [0.15, 0.2) is 94.1 Å². The van der Waals surface area contributed by atoms with Crippen molar-refractivity contribution in [2.75, 3.05) is 36.0 Å². The Balaban J connectivity index is 0.000000214. The Morgan fingerprint density at radius 2 is 0.812 bits per heavy atom. The van der Waals surface area contributed by atoms with E-state index in [9.17, 15) is 31.4 Å². The number of hydrogen-bond acceptors (Lipinski definition) is 8. The van der Waals surface area contributed by atoms with Crippen LogP contribution in [0, 0.1) is 0 Å². The van der Waals surface area contributed by atoms with E-state index in [1.165, 1.54) is 10.4 Å². The fraction of sp³-hybridized carbons (Fsp3) is 0.267. The third-order valence-corrected chi connectivity index (χ3v) is 8.30. The number of aliphatic hydroxyl groups excluding tert-OH is 2. The monoisotopic (exact) mass is 802 g/mol. The van der Waals surface area contributed by atoms with E-state index < -0.39 is 35.9 Å². The molecule has 0 bridgehead atoms. The maximum absolute atomic E-state index is 12.6. The van der Waals surface area contributed by atoms with Gasteiger partial charge in [0.1, 0.15) is 11.4 Å². The molecule has 2 aromatic heterocycles. The van der Waals surface area contributed by atoms with Crippen molar-refractivity contribution in [1.82, 2.24) is 30.0 Å². The van der Waals surface area contributed by atoms with Crippen LogP contribution in [0.25, 0.3) is 11.4 Å². The Kier molecular flexibility index (Phi) is 10.8. The molecular formula is C30H26Br2F6N8O2. The van der Waals surface area contributed by atoms with Crippen LogP contribution in [0.3, 0.4) is 0 Å². The van der Waals surface area contributed by atoms with Gasteiger partial charge in [0.2, 0.25) is 0 Å². The molecule has 18 heteroatoms. The van der Waals surface area contributed by atoms with Gasteiger partial charge >= 0.3 is 12.4 Å². The number of benzene rings is 3. The predicted molar refractivity (Wildman–Crippen MR) is 171 cm³/mol. The number of alkyl halides is 6. The minimum atomic E-state index is -4.77. The minimum Gasteiger partial charge on any atom is -0.378 e. The molecule has 0 radical (unpaired) electrons. The number of nitrogens with zero attached hydrogens (tertiary/aromatic N) is 8. The standard InChI is InChI=1S/C20H19BrF3N5O.C10H7BrF3N3O/c21-14-1-3-15(4-2-14)27-9-11-28(12-10-27)16-5-7-17(8-6-16)29-13-18(25-26-29)19(30)20(22,23)24;11-6-1-3-7(4-2-6)17-5-8(15-16-17)9(18)10(12,13)14/h1-8,13,19,30H,9-12H2;1-5,9,18H. The molecule has 2 N–H and O–H groups in total. The van der Waals surface area contributed by atoms with E-state index in [-0.39, 0.29) is 0 Å². The zero-order chi connectivity index (χ0) is 34.6. The summed E-state index contributed by atoms with van der Waals surface area (Å²) in [6, 6.07) is 22.4. The highest BCUT2D eigenvalue weighted by Crippen LogP contribution is 2.32. The molecule has 5 aromatic rings. The maximum atomic E-state index is 12.6. The van der Waals surface area contributed by atoms with Crippen molar-refractivity contribution >= 4 is 43.2 Å². The van der Waals surface area contributed by atoms with Crippen LogP contribution in [-0.2, 0) is 0 Å². The first-order valence-corrected chi connectivity index (χ1v) is 15.7. The van der Waals surface area contributed by atoms with Gasteiger partial charge in [0.05, 0.1) is 23.8 Å². The number of halogens is 8. The molecule has 0 saturated carbocycles. The van der Waals surface area contributed by atoms with Crippen LogP contribution in [0.2, 0.25) is 0 Å². The number of hydrogen-bond donors (Lipinski definition) is 2. The van der Waals surface area contributed by atoms with Crippen LogP contribution in [0.1, 0.15) is 23.6 Å². The quantitative estimate of drug-likeness (QED) is 0.186. The summed E-state index contributed by atoms with van der Waals surface area (Å²) in [5.74, 6) is 0. The van der Waals surface area contributed by atoms with E-state index in [1.807, 2.05) is 24.3 Å². The number of anilines is 2. The van der Waals surface area contributed by atoms with Crippen LogP contribution in [-0.4, -0.2) is 78.7 Å². The van der Waals surface area contributed by atoms with Crippen molar-refractivity contribution in [2.24, 2.45) is 0 Å². The summed E-state index contributed by atoms with van der Waals surface area (Å²) in [4.78, 5) is 4.60. The molecule has 0 amide bonds. The van der Waals surface area contributed by atoms with Crippen LogP contribution in [0.4, 0.5) is 37.7 Å². The van der Waals surface area contributed by atoms with Gasteiger partial charge in [0, 0.05) is 46.5 Å². The van der Waals surface area contributed by atoms with Crippen molar-refractivity contribution in [3.8, 4) is 11.4 Å². The molecule has 1 aliphatic heterocycles. The smallest absolute Gasteiger partial charge is 0.378 e. The van der Waals surface area contributed by atoms with Gasteiger partial charge in [0.25, 0.3) is 0 Å². The summed E-state index contributed by atoms with van der Waals surface area (Å²) >= 11 is 6.69. The zero-order valence-electron chi connectivity index (χ0n) is 24.6. The third kappa shape index (κ3) is 8.72. The lowest BCUT2D eigenvalue weighted by atomic mass is 10.2. The summed E-state index contributed by atoms with van der Waals surface area (Å²) in [6.45, 7) is 3.51. The van der Waals surface area contributed by atoms with E-state index in [0.717, 1.165) is 57.9 Å². The number of rotatable bonds is 6. The molecule has 6 rings (SSSR count). The second-order valence-corrected chi connectivity index (χ2v) is 12.3. The minimum absolute atomic E-state index is 0.532. The van der Waals surface area contributed by atoms with E-state index >= 15 is 0 Å². The largest absolute Gasteiger partial charge is 0.420 e. The van der Waals surface area contributed by atoms with E-state index in [1.54, 1.807) is 36.4 Å². The molecule has 3 aromatic carbocycles. The SMILES string of the molecule is OC(c1cn(-c2ccc(Br)cc2)nn1)C(F)(F)F.OC(c1cn(-c2ccc(N3CCN(c4ccc(Br)cc4)CC3)cc2)nn1)C(F)(F)F. The lowest BCUT2D eigenvalue weighted by Crippen LogP contribution is -2.46. The molecular weight excluding hydrogens is 778 g/mol. The van der Waals surface area contributed by atoms with Gasteiger partial charge in [-0.05, 0) is 72.8 Å². The Labute approximate surface area is 286 Å². The Bertz CT molecular complexity index is 1770. The van der Waals surface area contributed by atoms with Crippen molar-refractivity contribution in [3.05, 3.63) is 106 Å². The highest BCUT2D eigenvalue weighted by atomic mass is 79.9. The molecule has 3 heterocycles. The molecule has 0 aliphatic carbocycles. The molecule has 2 atom stereocenters. The lowest BCUT2D eigenvalue weighted by molar-refractivity contribution is -0.208. The van der Waals surface area contributed by atoms with Gasteiger partial charge in [-0.2, -0.15) is 26.3 Å². The zero-order valence-corrected chi connectivity index (χ0v) is 27.7. The molecule has 10 nitrogen and oxygen atoms in total. The van der Waals surface area contributed by atoms with Crippen molar-refractivity contribution in [1.29, 1.82) is 0 Å². The third-order valence-electron chi connectivity index (χ3n) is 7.24. The highest BCUT2D eigenvalue weighted by molar-refractivity contribution is 9.10. The van der Waals surface area contributed by atoms with Gasteiger partial charge in [-0.3, -0.25) is 0 Å². The topological polar surface area (TPSA) is 108 Å². The first kappa shape index (κ1) is 35.3. The van der Waals surface area contributed by atoms with Crippen molar-refractivity contribution < 1.29 is 36.6 Å². The molecule has 48 heavy (non-hydrogen) atoms. The Morgan fingerprint density at radius 3 is 1.15 bits per heavy atom. The van der Waals surface area contributed by atoms with Gasteiger partial charge in [-0.1, -0.05) is 42.3 Å². The number of aromatic nitrogens is 6. The van der Waals surface area contributed by atoms with Gasteiger partial charge in [-0.25, -0.2) is 9.36 Å². The first-order chi connectivity index (χ1) is 22.7. The van der Waals surface area contributed by atoms with Crippen LogP contribution < -0.4 is 9.80 Å². The van der Waals surface area contributed by atoms with Crippen LogP contribution >= 0.6 is 31.9 Å². The average Bonchev–Trinajstić information content (AvgIpc) is 3.76. The Hall–Kier alpha value is -4.00. The van der Waals surface area contributed by atoms with E-state index in [4.69, 9.17) is 5.11 Å². The normalized spacial score (nSPS) is 15.1. The summed E-state index contributed by atoms with van der Waals surface area (Å²) in [5.41, 5.74) is 2.27. The summed E-state index contributed by atoms with van der Waals surface area (Å²) < 4.78 is 78.9. The van der Waals surface area contributed by atoms with Gasteiger partial charge in [-0.15, -0.1) is 10.2 Å². The average molecular weight is 804 g/mol. The fourth-order valence-corrected chi connectivity index (χ4v) is 5.21. The maximum Gasteiger partial charge on any atom is 0.420 e. The summed E-state index contributed by atoms with van der Waals surface area (Å²) in [5, 5.41) is 32.3. The first-order valence-electron chi connectivity index (χ1n) is 14.1. The van der Waals surface area contributed by atoms with Gasteiger partial charge in [0.15, 0.2) is 12.2 Å². The second-order valence-electron chi connectivity index (χ2n) is 10.5. The number of piperazine rings is 1. The Morgan fingerprint density at radius 1 is 0.521 bits per heavy atom. The van der Waals surface area contributed by atoms with Crippen molar-refractivity contribution in [2.45, 2.75) is 24.6 Å². The molecule has 1 aliphatic rings. The molecule has 2 unspecified atom stereocenters. The van der Waals surface area contributed by atoms with Gasteiger partial charge < -0.3 is 20.0 Å². The molecule has 1 saturated heterocycles. The van der Waals surface area contributed by atoms with Crippen LogP contribution in [0.5, 0.6) is 0 Å². The highest BCUT2D eigenvalue weighted by Gasteiger charge is 2.42. The molecule has 1 fully saturated rings. The van der Waals surface area contributed by atoms with E-state index in [0.29, 0.717) is 11.4 Å². The number of aliphatic hydroxyl groups is 2.